The summed E-state index contributed by atoms with van der Waals surface area (Å²) in [5.74, 6) is 0.717. The molecule has 4 rings (SSSR count). The number of para-hydroxylation sites is 2. The van der Waals surface area contributed by atoms with Gasteiger partial charge in [-0.2, -0.15) is 15.0 Å². The van der Waals surface area contributed by atoms with Crippen molar-refractivity contribution in [2.24, 2.45) is 4.99 Å². The molecule has 0 aliphatic carbocycles. The average Bonchev–Trinajstić information content (AvgIpc) is 2.82. The molecule has 0 atom stereocenters. The number of nitrogens with zero attached hydrogens (tertiary/aromatic N) is 4. The molecule has 31 heavy (non-hydrogen) atoms. The van der Waals surface area contributed by atoms with Crippen molar-refractivity contribution in [3.05, 3.63) is 60.2 Å². The van der Waals surface area contributed by atoms with Crippen molar-refractivity contribution in [3.63, 3.8) is 0 Å². The van der Waals surface area contributed by atoms with Crippen LogP contribution in [0.1, 0.15) is 5.56 Å². The first-order chi connectivity index (χ1) is 15.2. The van der Waals surface area contributed by atoms with E-state index in [2.05, 4.69) is 15.3 Å². The zero-order valence-electron chi connectivity index (χ0n) is 17.3. The van der Waals surface area contributed by atoms with E-state index >= 15 is 0 Å². The van der Waals surface area contributed by atoms with E-state index in [0.29, 0.717) is 43.1 Å². The Morgan fingerprint density at radius 2 is 1.42 bits per heavy atom. The maximum Gasteiger partial charge on any atom is 0.227 e. The van der Waals surface area contributed by atoms with Crippen LogP contribution in [0.3, 0.4) is 0 Å². The first-order valence-electron chi connectivity index (χ1n) is 10.4. The van der Waals surface area contributed by atoms with Crippen LogP contribution in [0.5, 0.6) is 5.75 Å². The molecule has 0 aromatic heterocycles. The molecule has 2 heterocycles. The van der Waals surface area contributed by atoms with Crippen LogP contribution in [-0.2, 0) is 9.47 Å². The second-order valence-electron chi connectivity index (χ2n) is 7.17. The summed E-state index contributed by atoms with van der Waals surface area (Å²) in [5.41, 5.74) is 1.44. The fourth-order valence-corrected chi connectivity index (χ4v) is 3.84. The number of ether oxygens (including phenoxy) is 2. The van der Waals surface area contributed by atoms with Crippen molar-refractivity contribution in [1.29, 1.82) is 0 Å². The third kappa shape index (κ3) is 5.57. The van der Waals surface area contributed by atoms with Gasteiger partial charge in [0, 0.05) is 31.7 Å². The summed E-state index contributed by atoms with van der Waals surface area (Å²) < 4.78 is 11.1. The first-order valence-corrected chi connectivity index (χ1v) is 10.8. The number of amidine groups is 1. The van der Waals surface area contributed by atoms with Crippen LogP contribution >= 0.6 is 12.2 Å². The number of hydrogen-bond acceptors (Lipinski definition) is 6. The number of rotatable bonds is 4. The number of aromatic hydroxyl groups is 1. The monoisotopic (exact) mass is 441 g/mol. The molecule has 2 aromatic carbocycles. The Morgan fingerprint density at radius 3 is 2.00 bits per heavy atom. The summed E-state index contributed by atoms with van der Waals surface area (Å²) in [6.07, 6.45) is 0. The third-order valence-electron chi connectivity index (χ3n) is 5.09. The SMILES string of the molecule is Oc1ccccc1N/C(=N/C(=S)N(N1CCOCC1)N1CCOCC1)c1ccccc1. The van der Waals surface area contributed by atoms with Crippen LogP contribution in [0.2, 0.25) is 0 Å². The summed E-state index contributed by atoms with van der Waals surface area (Å²) >= 11 is 5.83. The van der Waals surface area contributed by atoms with Crippen LogP contribution in [0.15, 0.2) is 59.6 Å². The van der Waals surface area contributed by atoms with Crippen LogP contribution in [0.4, 0.5) is 5.69 Å². The molecule has 2 aromatic rings. The lowest BCUT2D eigenvalue weighted by Gasteiger charge is -2.44. The fourth-order valence-electron chi connectivity index (χ4n) is 3.52. The lowest BCUT2D eigenvalue weighted by atomic mass is 10.2. The van der Waals surface area contributed by atoms with E-state index in [1.54, 1.807) is 18.2 Å². The van der Waals surface area contributed by atoms with Gasteiger partial charge in [0.1, 0.15) is 11.6 Å². The molecule has 164 valence electrons. The molecule has 8 nitrogen and oxygen atoms in total. The standard InChI is InChI=1S/C22H27N5O3S/c28-20-9-5-4-8-19(20)23-21(18-6-2-1-3-7-18)24-22(31)27(25-10-14-29-15-11-25)26-12-16-30-17-13-26/h1-9,28H,10-17H2,(H,23,24,31). The van der Waals surface area contributed by atoms with Gasteiger partial charge in [-0.15, -0.1) is 0 Å². The van der Waals surface area contributed by atoms with Gasteiger partial charge in [0.05, 0.1) is 32.1 Å². The Balaban J connectivity index is 1.66. The Hall–Kier alpha value is -2.56. The topological polar surface area (TPSA) is 72.8 Å². The maximum absolute atomic E-state index is 10.3. The number of thiocarbonyl (C=S) groups is 1. The highest BCUT2D eigenvalue weighted by molar-refractivity contribution is 7.80. The summed E-state index contributed by atoms with van der Waals surface area (Å²) in [6.45, 7) is 5.54. The van der Waals surface area contributed by atoms with Crippen molar-refractivity contribution in [2.45, 2.75) is 0 Å². The zero-order valence-corrected chi connectivity index (χ0v) is 18.1. The second kappa shape index (κ2) is 10.7. The summed E-state index contributed by atoms with van der Waals surface area (Å²) in [4.78, 5) is 4.82. The van der Waals surface area contributed by atoms with Gasteiger partial charge in [0.2, 0.25) is 5.11 Å². The van der Waals surface area contributed by atoms with Gasteiger partial charge in [-0.05, 0) is 24.4 Å². The summed E-state index contributed by atoms with van der Waals surface area (Å²) in [5, 5.41) is 20.3. The number of aliphatic imine (C=N–C) groups is 1. The smallest absolute Gasteiger partial charge is 0.227 e. The molecule has 9 heteroatoms. The molecular formula is C22H27N5O3S. The highest BCUT2D eigenvalue weighted by Crippen LogP contribution is 2.23. The van der Waals surface area contributed by atoms with Crippen LogP contribution < -0.4 is 5.32 Å². The van der Waals surface area contributed by atoms with Crippen molar-refractivity contribution in [3.8, 4) is 5.75 Å². The number of nitrogens with one attached hydrogen (secondary N) is 1. The molecule has 2 aliphatic heterocycles. The minimum absolute atomic E-state index is 0.148. The predicted molar refractivity (Wildman–Crippen MR) is 124 cm³/mol. The molecule has 0 amide bonds. The van der Waals surface area contributed by atoms with E-state index in [1.807, 2.05) is 41.5 Å². The van der Waals surface area contributed by atoms with E-state index in [4.69, 9.17) is 26.7 Å². The van der Waals surface area contributed by atoms with Crippen LogP contribution in [-0.4, -0.2) is 83.8 Å². The Kier molecular flexibility index (Phi) is 7.44. The van der Waals surface area contributed by atoms with E-state index in [9.17, 15) is 5.11 Å². The zero-order chi connectivity index (χ0) is 21.5. The first kappa shape index (κ1) is 21.7. The van der Waals surface area contributed by atoms with E-state index < -0.39 is 0 Å². The highest BCUT2D eigenvalue weighted by Gasteiger charge is 2.28. The molecular weight excluding hydrogens is 414 g/mol. The van der Waals surface area contributed by atoms with Gasteiger partial charge >= 0.3 is 0 Å². The molecule has 2 saturated heterocycles. The molecule has 0 bridgehead atoms. The molecule has 2 fully saturated rings. The highest BCUT2D eigenvalue weighted by atomic mass is 32.1. The van der Waals surface area contributed by atoms with Gasteiger partial charge in [-0.1, -0.05) is 42.5 Å². The minimum atomic E-state index is 0.148. The summed E-state index contributed by atoms with van der Waals surface area (Å²) in [7, 11) is 0. The molecule has 0 saturated carbocycles. The number of morpholine rings is 2. The number of anilines is 1. The lowest BCUT2D eigenvalue weighted by molar-refractivity contribution is -0.179. The largest absolute Gasteiger partial charge is 0.506 e. The van der Waals surface area contributed by atoms with Crippen molar-refractivity contribution < 1.29 is 14.6 Å². The van der Waals surface area contributed by atoms with Crippen LogP contribution in [0.25, 0.3) is 0 Å². The van der Waals surface area contributed by atoms with Gasteiger partial charge in [-0.3, -0.25) is 0 Å². The number of phenolic OH excluding ortho intramolecular Hbond substituents is 1. The van der Waals surface area contributed by atoms with E-state index in [0.717, 1.165) is 31.7 Å². The lowest BCUT2D eigenvalue weighted by Crippen LogP contribution is -2.60. The van der Waals surface area contributed by atoms with Gasteiger partial charge in [-0.25, -0.2) is 5.12 Å². The molecule has 0 radical (unpaired) electrons. The maximum atomic E-state index is 10.3. The van der Waals surface area contributed by atoms with Gasteiger partial charge in [0.15, 0.2) is 0 Å². The van der Waals surface area contributed by atoms with Gasteiger partial charge < -0.3 is 19.9 Å². The normalized spacial score (nSPS) is 18.5. The minimum Gasteiger partial charge on any atom is -0.506 e. The number of hydrogen-bond donors (Lipinski definition) is 2. The molecule has 0 unspecified atom stereocenters. The Labute approximate surface area is 187 Å². The average molecular weight is 442 g/mol. The molecule has 2 N–H and O–H groups in total. The van der Waals surface area contributed by atoms with E-state index in [-0.39, 0.29) is 5.75 Å². The molecule has 0 spiro atoms. The van der Waals surface area contributed by atoms with Crippen molar-refractivity contribution >= 4 is 28.9 Å². The quantitative estimate of drug-likeness (QED) is 0.324. The fraction of sp³-hybridized carbons (Fsp3) is 0.364. The third-order valence-corrected chi connectivity index (χ3v) is 5.35. The number of hydrazine groups is 2. The van der Waals surface area contributed by atoms with Gasteiger partial charge in [0.25, 0.3) is 0 Å². The van der Waals surface area contributed by atoms with Crippen LogP contribution in [0, 0.1) is 0 Å². The Bertz CT molecular complexity index is 881. The van der Waals surface area contributed by atoms with E-state index in [1.165, 1.54) is 0 Å². The van der Waals surface area contributed by atoms with Crippen molar-refractivity contribution in [2.75, 3.05) is 57.9 Å². The number of phenols is 1. The second-order valence-corrected chi connectivity index (χ2v) is 7.54. The Morgan fingerprint density at radius 1 is 0.871 bits per heavy atom. The molecule has 2 aliphatic rings. The summed E-state index contributed by atoms with van der Waals surface area (Å²) in [6, 6.07) is 16.8. The van der Waals surface area contributed by atoms with Crippen molar-refractivity contribution in [1.82, 2.24) is 15.1 Å². The predicted octanol–water partition coefficient (Wildman–Crippen LogP) is 2.33. The number of benzene rings is 2.